The van der Waals surface area contributed by atoms with E-state index in [1.54, 1.807) is 6.92 Å². The second-order valence-corrected chi connectivity index (χ2v) is 4.71. The van der Waals surface area contributed by atoms with Crippen molar-refractivity contribution in [1.82, 2.24) is 5.32 Å². The van der Waals surface area contributed by atoms with E-state index in [1.807, 2.05) is 6.92 Å². The Morgan fingerprint density at radius 3 is 2.56 bits per heavy atom. The lowest BCUT2D eigenvalue weighted by atomic mass is 9.91. The summed E-state index contributed by atoms with van der Waals surface area (Å²) < 4.78 is 18.3. The lowest BCUT2D eigenvalue weighted by Crippen LogP contribution is -2.47. The van der Waals surface area contributed by atoms with Crippen LogP contribution in [0, 0.1) is 5.82 Å². The van der Waals surface area contributed by atoms with E-state index in [2.05, 4.69) is 5.32 Å². The fourth-order valence-corrected chi connectivity index (χ4v) is 2.31. The molecule has 0 aliphatic heterocycles. The zero-order valence-electron chi connectivity index (χ0n) is 10.3. The Hall–Kier alpha value is -0.840. The van der Waals surface area contributed by atoms with Gasteiger partial charge in [0.2, 0.25) is 0 Å². The van der Waals surface area contributed by atoms with E-state index >= 15 is 0 Å². The van der Waals surface area contributed by atoms with Crippen molar-refractivity contribution in [2.75, 3.05) is 13.7 Å². The number of hydrogen-bond acceptors (Lipinski definition) is 3. The molecule has 0 fully saturated rings. The van der Waals surface area contributed by atoms with Crippen molar-refractivity contribution < 1.29 is 13.9 Å². The Balaban J connectivity index is 3.38. The molecule has 0 bridgehead atoms. The Kier molecular flexibility index (Phi) is 4.96. The highest BCUT2D eigenvalue weighted by Crippen LogP contribution is 2.33. The van der Waals surface area contributed by atoms with Crippen LogP contribution in [0.4, 0.5) is 4.39 Å². The molecule has 0 aromatic heterocycles. The summed E-state index contributed by atoms with van der Waals surface area (Å²) in [6.45, 7) is 3.89. The quantitative estimate of drug-likeness (QED) is 0.685. The van der Waals surface area contributed by atoms with Crippen LogP contribution in [0.15, 0.2) is 12.1 Å². The molecule has 0 spiro atoms. The van der Waals surface area contributed by atoms with Crippen LogP contribution in [-0.4, -0.2) is 19.6 Å². The minimum Gasteiger partial charge on any atom is -0.467 e. The minimum absolute atomic E-state index is 0.0903. The van der Waals surface area contributed by atoms with Gasteiger partial charge in [-0.25, -0.2) is 9.18 Å². The molecule has 1 unspecified atom stereocenters. The Bertz CT molecular complexity index is 468. The molecule has 0 aliphatic carbocycles. The molecule has 1 atom stereocenters. The van der Waals surface area contributed by atoms with Crippen LogP contribution >= 0.6 is 23.2 Å². The van der Waals surface area contributed by atoms with E-state index in [0.29, 0.717) is 12.1 Å². The molecule has 0 amide bonds. The number of rotatable bonds is 4. The number of carbonyl (C=O) groups is 1. The summed E-state index contributed by atoms with van der Waals surface area (Å²) in [6.07, 6.45) is 0. The summed E-state index contributed by atoms with van der Waals surface area (Å²) >= 11 is 11.7. The highest BCUT2D eigenvalue weighted by Gasteiger charge is 2.37. The molecular weight excluding hydrogens is 280 g/mol. The number of carbonyl (C=O) groups excluding carboxylic acids is 1. The number of halogens is 3. The van der Waals surface area contributed by atoms with Crippen molar-refractivity contribution in [1.29, 1.82) is 0 Å². The number of ether oxygens (including phenoxy) is 1. The second kappa shape index (κ2) is 5.87. The third kappa shape index (κ3) is 2.76. The molecule has 6 heteroatoms. The smallest absolute Gasteiger partial charge is 0.330 e. The van der Waals surface area contributed by atoms with Crippen LogP contribution in [0.5, 0.6) is 0 Å². The van der Waals surface area contributed by atoms with Gasteiger partial charge in [0.05, 0.1) is 12.1 Å². The average Bonchev–Trinajstić information content (AvgIpc) is 2.32. The zero-order valence-corrected chi connectivity index (χ0v) is 11.8. The first-order valence-corrected chi connectivity index (χ1v) is 6.10. The molecule has 0 saturated heterocycles. The van der Waals surface area contributed by atoms with Crippen molar-refractivity contribution in [2.24, 2.45) is 0 Å². The van der Waals surface area contributed by atoms with Crippen LogP contribution in [0.1, 0.15) is 19.4 Å². The molecule has 1 rings (SSSR count). The molecule has 0 aliphatic rings. The van der Waals surface area contributed by atoms with Crippen LogP contribution in [-0.2, 0) is 15.1 Å². The average molecular weight is 294 g/mol. The molecule has 3 nitrogen and oxygen atoms in total. The van der Waals surface area contributed by atoms with Gasteiger partial charge in [-0.1, -0.05) is 30.1 Å². The fourth-order valence-electron chi connectivity index (χ4n) is 1.74. The minimum atomic E-state index is -1.22. The van der Waals surface area contributed by atoms with Crippen LogP contribution < -0.4 is 5.32 Å². The molecular formula is C12H14Cl2FNO2. The zero-order chi connectivity index (χ0) is 13.9. The molecule has 0 radical (unpaired) electrons. The predicted octanol–water partition coefficient (Wildman–Crippen LogP) is 3.13. The Labute approximate surface area is 115 Å². The van der Waals surface area contributed by atoms with Crippen LogP contribution in [0.3, 0.4) is 0 Å². The van der Waals surface area contributed by atoms with Gasteiger partial charge < -0.3 is 4.74 Å². The standard InChI is InChI=1S/C12H14Cl2FNO2/c1-4-16-12(2,11(17)18-3)7-5-10(15)9(14)6-8(7)13/h5-6,16H,4H2,1-3H3. The SMILES string of the molecule is CCNC(C)(C(=O)OC)c1cc(F)c(Cl)cc1Cl. The largest absolute Gasteiger partial charge is 0.467 e. The molecule has 100 valence electrons. The third-order valence-electron chi connectivity index (χ3n) is 2.67. The molecule has 1 N–H and O–H groups in total. The first-order chi connectivity index (χ1) is 8.36. The van der Waals surface area contributed by atoms with Gasteiger partial charge in [-0.2, -0.15) is 0 Å². The van der Waals surface area contributed by atoms with Gasteiger partial charge in [0.25, 0.3) is 0 Å². The second-order valence-electron chi connectivity index (χ2n) is 3.89. The highest BCUT2D eigenvalue weighted by molar-refractivity contribution is 6.35. The van der Waals surface area contributed by atoms with Gasteiger partial charge in [0.15, 0.2) is 0 Å². The maximum Gasteiger partial charge on any atom is 0.330 e. The van der Waals surface area contributed by atoms with Crippen molar-refractivity contribution in [3.05, 3.63) is 33.6 Å². The normalized spacial score (nSPS) is 14.1. The van der Waals surface area contributed by atoms with E-state index in [-0.39, 0.29) is 10.0 Å². The van der Waals surface area contributed by atoms with E-state index in [1.165, 1.54) is 13.2 Å². The first kappa shape index (κ1) is 15.2. The van der Waals surface area contributed by atoms with Crippen molar-refractivity contribution in [2.45, 2.75) is 19.4 Å². The number of likely N-dealkylation sites (N-methyl/N-ethyl adjacent to an activating group) is 1. The summed E-state index contributed by atoms with van der Waals surface area (Å²) in [5, 5.41) is 3.06. The summed E-state index contributed by atoms with van der Waals surface area (Å²) in [5.74, 6) is -1.18. The van der Waals surface area contributed by atoms with Gasteiger partial charge in [-0.3, -0.25) is 5.32 Å². The molecule has 0 saturated carbocycles. The number of hydrogen-bond donors (Lipinski definition) is 1. The summed E-state index contributed by atoms with van der Waals surface area (Å²) in [4.78, 5) is 11.9. The maximum atomic E-state index is 13.5. The van der Waals surface area contributed by atoms with Gasteiger partial charge in [-0.05, 0) is 25.6 Å². The van der Waals surface area contributed by atoms with Crippen molar-refractivity contribution in [3.63, 3.8) is 0 Å². The maximum absolute atomic E-state index is 13.5. The number of benzene rings is 1. The number of esters is 1. The molecule has 1 aromatic carbocycles. The number of nitrogens with one attached hydrogen (secondary N) is 1. The van der Waals surface area contributed by atoms with Crippen molar-refractivity contribution >= 4 is 29.2 Å². The van der Waals surface area contributed by atoms with E-state index < -0.39 is 17.3 Å². The van der Waals surface area contributed by atoms with Gasteiger partial charge in [0.1, 0.15) is 11.4 Å². The fraction of sp³-hybridized carbons (Fsp3) is 0.417. The lowest BCUT2D eigenvalue weighted by molar-refractivity contribution is -0.148. The molecule has 0 heterocycles. The van der Waals surface area contributed by atoms with Gasteiger partial charge in [0, 0.05) is 10.6 Å². The summed E-state index contributed by atoms with van der Waals surface area (Å²) in [7, 11) is 1.26. The highest BCUT2D eigenvalue weighted by atomic mass is 35.5. The summed E-state index contributed by atoms with van der Waals surface area (Å²) in [5.41, 5.74) is -0.925. The molecule has 18 heavy (non-hydrogen) atoms. The summed E-state index contributed by atoms with van der Waals surface area (Å²) in [6, 6.07) is 2.41. The Morgan fingerprint density at radius 1 is 1.44 bits per heavy atom. The Morgan fingerprint density at radius 2 is 2.06 bits per heavy atom. The van der Waals surface area contributed by atoms with E-state index in [0.717, 1.165) is 6.07 Å². The van der Waals surface area contributed by atoms with Crippen LogP contribution in [0.25, 0.3) is 0 Å². The number of methoxy groups -OCH3 is 1. The van der Waals surface area contributed by atoms with Crippen molar-refractivity contribution in [3.8, 4) is 0 Å². The first-order valence-electron chi connectivity index (χ1n) is 5.35. The molecule has 1 aromatic rings. The third-order valence-corrected chi connectivity index (χ3v) is 3.27. The monoisotopic (exact) mass is 293 g/mol. The topological polar surface area (TPSA) is 38.3 Å². The predicted molar refractivity (Wildman–Crippen MR) is 69.5 cm³/mol. The van der Waals surface area contributed by atoms with Gasteiger partial charge >= 0.3 is 5.97 Å². The van der Waals surface area contributed by atoms with Crippen LogP contribution in [0.2, 0.25) is 10.0 Å². The van der Waals surface area contributed by atoms with E-state index in [9.17, 15) is 9.18 Å². The van der Waals surface area contributed by atoms with E-state index in [4.69, 9.17) is 27.9 Å². The van der Waals surface area contributed by atoms with Gasteiger partial charge in [-0.15, -0.1) is 0 Å². The lowest BCUT2D eigenvalue weighted by Gasteiger charge is -2.29.